The Hall–Kier alpha value is -2.27. The molecule has 0 radical (unpaired) electrons. The Bertz CT molecular complexity index is 703. The first-order chi connectivity index (χ1) is 9.28. The summed E-state index contributed by atoms with van der Waals surface area (Å²) in [7, 11) is 0. The number of aryl methyl sites for hydroxylation is 1. The molecule has 0 unspecified atom stereocenters. The van der Waals surface area contributed by atoms with Gasteiger partial charge in [-0.1, -0.05) is 12.1 Å². The van der Waals surface area contributed by atoms with Crippen LogP contribution in [0.3, 0.4) is 0 Å². The highest BCUT2D eigenvalue weighted by atomic mass is 16.3. The Morgan fingerprint density at radius 1 is 1.16 bits per heavy atom. The number of rotatable bonds is 3. The van der Waals surface area contributed by atoms with Gasteiger partial charge in [-0.2, -0.15) is 5.10 Å². The minimum atomic E-state index is 0.0212. The highest BCUT2D eigenvalue weighted by Crippen LogP contribution is 2.19. The smallest absolute Gasteiger partial charge is 0.0854 e. The normalized spacial score (nSPS) is 11.1. The van der Waals surface area contributed by atoms with Gasteiger partial charge in [-0.25, -0.2) is 0 Å². The molecule has 19 heavy (non-hydrogen) atoms. The number of aliphatic hydroxyl groups excluding tert-OH is 1. The van der Waals surface area contributed by atoms with Gasteiger partial charge in [0.15, 0.2) is 0 Å². The first-order valence-corrected chi connectivity index (χ1v) is 6.10. The molecule has 2 aromatic heterocycles. The molecule has 96 valence electrons. The van der Waals surface area contributed by atoms with Crippen molar-refractivity contribution in [3.63, 3.8) is 0 Å². The summed E-state index contributed by atoms with van der Waals surface area (Å²) in [5.41, 5.74) is 3.65. The molecule has 5 heteroatoms. The Morgan fingerprint density at radius 2 is 2.05 bits per heavy atom. The van der Waals surface area contributed by atoms with E-state index in [9.17, 15) is 5.11 Å². The van der Waals surface area contributed by atoms with Crippen molar-refractivity contribution in [3.05, 3.63) is 53.7 Å². The van der Waals surface area contributed by atoms with Gasteiger partial charge in [0.1, 0.15) is 0 Å². The maximum absolute atomic E-state index is 9.31. The van der Waals surface area contributed by atoms with Crippen LogP contribution in [-0.4, -0.2) is 24.9 Å². The number of hydrogen-bond acceptors (Lipinski definition) is 4. The van der Waals surface area contributed by atoms with Gasteiger partial charge in [0.05, 0.1) is 42.4 Å². The summed E-state index contributed by atoms with van der Waals surface area (Å²) < 4.78 is 1.87. The molecule has 2 heterocycles. The van der Waals surface area contributed by atoms with Crippen molar-refractivity contribution < 1.29 is 5.11 Å². The third kappa shape index (κ3) is 2.20. The van der Waals surface area contributed by atoms with Crippen LogP contribution in [0.5, 0.6) is 0 Å². The Labute approximate surface area is 110 Å². The summed E-state index contributed by atoms with van der Waals surface area (Å²) in [5.74, 6) is 0. The summed E-state index contributed by atoms with van der Waals surface area (Å²) in [5, 5.41) is 14.6. The molecule has 0 bridgehead atoms. The van der Waals surface area contributed by atoms with Crippen molar-refractivity contribution in [2.24, 2.45) is 0 Å². The second kappa shape index (κ2) is 4.78. The van der Waals surface area contributed by atoms with E-state index in [4.69, 9.17) is 0 Å². The van der Waals surface area contributed by atoms with Crippen LogP contribution in [0.2, 0.25) is 0 Å². The van der Waals surface area contributed by atoms with Crippen molar-refractivity contribution in [1.29, 1.82) is 0 Å². The molecule has 5 nitrogen and oxygen atoms in total. The van der Waals surface area contributed by atoms with Crippen LogP contribution in [0.4, 0.5) is 0 Å². The van der Waals surface area contributed by atoms with Gasteiger partial charge < -0.3 is 5.11 Å². The fraction of sp³-hybridized carbons (Fsp3) is 0.214. The molecule has 0 aliphatic heterocycles. The molecule has 0 aliphatic carbocycles. The molecular weight excluding hydrogens is 240 g/mol. The molecule has 0 amide bonds. The fourth-order valence-corrected chi connectivity index (χ4v) is 2.08. The predicted molar refractivity (Wildman–Crippen MR) is 71.5 cm³/mol. The molecule has 0 saturated carbocycles. The molecule has 1 N–H and O–H groups in total. The van der Waals surface area contributed by atoms with Crippen LogP contribution in [0.1, 0.15) is 17.0 Å². The lowest BCUT2D eigenvalue weighted by atomic mass is 10.1. The van der Waals surface area contributed by atoms with E-state index in [2.05, 4.69) is 15.1 Å². The van der Waals surface area contributed by atoms with E-state index < -0.39 is 0 Å². The zero-order valence-electron chi connectivity index (χ0n) is 10.6. The molecule has 1 aromatic carbocycles. The molecule has 3 aromatic rings. The van der Waals surface area contributed by atoms with Crippen LogP contribution in [0, 0.1) is 6.92 Å². The number of aromatic nitrogens is 4. The van der Waals surface area contributed by atoms with Crippen molar-refractivity contribution in [2.45, 2.75) is 20.1 Å². The molecule has 0 fully saturated rings. The number of aliphatic hydroxyl groups is 1. The predicted octanol–water partition coefficient (Wildman–Crippen LogP) is 1.68. The third-order valence-electron chi connectivity index (χ3n) is 3.09. The lowest BCUT2D eigenvalue weighted by molar-refractivity contribution is 0.283. The van der Waals surface area contributed by atoms with E-state index >= 15 is 0 Å². The minimum Gasteiger partial charge on any atom is -0.392 e. The van der Waals surface area contributed by atoms with Gasteiger partial charge in [-0.3, -0.25) is 14.6 Å². The molecule has 0 saturated heterocycles. The Kier molecular flexibility index (Phi) is 2.97. The van der Waals surface area contributed by atoms with E-state index in [0.29, 0.717) is 6.54 Å². The van der Waals surface area contributed by atoms with Crippen LogP contribution in [0.25, 0.3) is 10.9 Å². The van der Waals surface area contributed by atoms with Crippen molar-refractivity contribution >= 4 is 10.9 Å². The van der Waals surface area contributed by atoms with E-state index in [1.54, 1.807) is 18.6 Å². The number of fused-ring (bicyclic) bond motifs is 1. The van der Waals surface area contributed by atoms with Crippen molar-refractivity contribution in [3.8, 4) is 0 Å². The third-order valence-corrected chi connectivity index (χ3v) is 3.09. The number of hydrogen-bond donors (Lipinski definition) is 1. The van der Waals surface area contributed by atoms with Gasteiger partial charge in [-0.15, -0.1) is 0 Å². The number of benzene rings is 1. The zero-order valence-corrected chi connectivity index (χ0v) is 10.6. The second-order valence-corrected chi connectivity index (χ2v) is 4.46. The van der Waals surface area contributed by atoms with E-state index in [0.717, 1.165) is 27.9 Å². The first-order valence-electron chi connectivity index (χ1n) is 6.10. The summed E-state index contributed by atoms with van der Waals surface area (Å²) >= 11 is 0. The summed E-state index contributed by atoms with van der Waals surface area (Å²) in [6, 6.07) is 5.82. The summed E-state index contributed by atoms with van der Waals surface area (Å²) in [6.07, 6.45) is 5.29. The summed E-state index contributed by atoms with van der Waals surface area (Å²) in [6.45, 7) is 2.51. The van der Waals surface area contributed by atoms with Gasteiger partial charge >= 0.3 is 0 Å². The number of nitrogens with zero attached hydrogens (tertiary/aromatic N) is 4. The monoisotopic (exact) mass is 254 g/mol. The molecule has 3 rings (SSSR count). The van der Waals surface area contributed by atoms with Gasteiger partial charge in [0, 0.05) is 11.6 Å². The quantitative estimate of drug-likeness (QED) is 0.772. The van der Waals surface area contributed by atoms with Gasteiger partial charge in [0.25, 0.3) is 0 Å². The molecule has 0 atom stereocenters. The van der Waals surface area contributed by atoms with Crippen LogP contribution in [0.15, 0.2) is 36.8 Å². The van der Waals surface area contributed by atoms with Crippen LogP contribution in [-0.2, 0) is 13.2 Å². The lowest BCUT2D eigenvalue weighted by Gasteiger charge is -2.04. The van der Waals surface area contributed by atoms with Crippen molar-refractivity contribution in [1.82, 2.24) is 19.7 Å². The fourth-order valence-electron chi connectivity index (χ4n) is 2.08. The maximum atomic E-state index is 9.31. The lowest BCUT2D eigenvalue weighted by Crippen LogP contribution is -2.04. The average molecular weight is 254 g/mol. The van der Waals surface area contributed by atoms with Crippen LogP contribution >= 0.6 is 0 Å². The average Bonchev–Trinajstić information content (AvgIpc) is 2.84. The maximum Gasteiger partial charge on any atom is 0.0854 e. The second-order valence-electron chi connectivity index (χ2n) is 4.46. The first kappa shape index (κ1) is 11.8. The SMILES string of the molecule is Cc1cnc(Cn2ncc3c(CO)cccc32)cn1. The highest BCUT2D eigenvalue weighted by molar-refractivity contribution is 5.82. The molecule has 0 aliphatic rings. The Morgan fingerprint density at radius 3 is 2.79 bits per heavy atom. The minimum absolute atomic E-state index is 0.0212. The molecule has 0 spiro atoms. The van der Waals surface area contributed by atoms with E-state index in [-0.39, 0.29) is 6.61 Å². The van der Waals surface area contributed by atoms with Gasteiger partial charge in [0.2, 0.25) is 0 Å². The molecular formula is C14H14N4O. The summed E-state index contributed by atoms with van der Waals surface area (Å²) in [4.78, 5) is 8.56. The largest absolute Gasteiger partial charge is 0.392 e. The van der Waals surface area contributed by atoms with E-state index in [1.807, 2.05) is 29.8 Å². The zero-order chi connectivity index (χ0) is 13.2. The van der Waals surface area contributed by atoms with Crippen LogP contribution < -0.4 is 0 Å². The standard InChI is InChI=1S/C14H14N4O/c1-10-5-16-12(6-15-10)8-18-14-4-2-3-11(9-19)13(14)7-17-18/h2-7,19H,8-9H2,1H3. The van der Waals surface area contributed by atoms with Crippen molar-refractivity contribution in [2.75, 3.05) is 0 Å². The van der Waals surface area contributed by atoms with E-state index in [1.165, 1.54) is 0 Å². The Balaban J connectivity index is 1.99. The topological polar surface area (TPSA) is 63.8 Å². The van der Waals surface area contributed by atoms with Gasteiger partial charge in [-0.05, 0) is 18.6 Å². The highest BCUT2D eigenvalue weighted by Gasteiger charge is 2.07.